The SMILES string of the molecule is CCCCCC/C=C\CCCCCCCCCC(=O)OC(COC(=O)CCCCCCCCCCCCC)COP(=O)(O)OC1C(OC2OC(CO)C(O)C(O)C2O)C(O)C(O)C(O)C1OC1OC(COC(=O)/C=C/C=C/CCCCCCCCCCCCC)C(O)C(O)C1O. The van der Waals surface area contributed by atoms with E-state index in [0.29, 0.717) is 12.8 Å². The highest BCUT2D eigenvalue weighted by Gasteiger charge is 2.58. The number of carbonyl (C=O) groups excluding carboxylic acids is 3. The van der Waals surface area contributed by atoms with Gasteiger partial charge in [0.05, 0.1) is 13.2 Å². The average molecular weight is 1400 g/mol. The van der Waals surface area contributed by atoms with Gasteiger partial charge in [-0.15, -0.1) is 0 Å². The summed E-state index contributed by atoms with van der Waals surface area (Å²) in [7, 11) is -5.70. The van der Waals surface area contributed by atoms with Gasteiger partial charge < -0.3 is 89.1 Å². The van der Waals surface area contributed by atoms with Crippen LogP contribution in [0.5, 0.6) is 0 Å². The Hall–Kier alpha value is -2.82. The minimum atomic E-state index is -5.70. The lowest BCUT2D eigenvalue weighted by Gasteiger charge is -2.49. The first-order valence-electron chi connectivity index (χ1n) is 36.8. The lowest BCUT2D eigenvalue weighted by atomic mass is 9.84. The number of hydrogen-bond acceptors (Lipinski definition) is 23. The molecule has 3 rings (SSSR count). The molecule has 25 heteroatoms. The van der Waals surface area contributed by atoms with Crippen LogP contribution in [0.3, 0.4) is 0 Å². The van der Waals surface area contributed by atoms with Crippen LogP contribution in [0.25, 0.3) is 0 Å². The number of carbonyl (C=O) groups is 3. The molecule has 0 spiro atoms. The second-order valence-electron chi connectivity index (χ2n) is 26.4. The smallest absolute Gasteiger partial charge is 0.462 e. The summed E-state index contributed by atoms with van der Waals surface area (Å²) in [6.45, 7) is 3.32. The maximum atomic E-state index is 14.3. The molecule has 0 aromatic rings. The van der Waals surface area contributed by atoms with Gasteiger partial charge in [-0.25, -0.2) is 9.36 Å². The molecule has 0 amide bonds. The van der Waals surface area contributed by atoms with E-state index >= 15 is 0 Å². The Morgan fingerprint density at radius 1 is 0.427 bits per heavy atom. The number of aliphatic hydroxyl groups is 10. The molecule has 1 aliphatic carbocycles. The van der Waals surface area contributed by atoms with Crippen molar-refractivity contribution in [2.75, 3.05) is 26.4 Å². The molecule has 2 heterocycles. The molecule has 0 aromatic carbocycles. The van der Waals surface area contributed by atoms with Crippen LogP contribution in [-0.2, 0) is 61.2 Å². The minimum Gasteiger partial charge on any atom is -0.462 e. The van der Waals surface area contributed by atoms with E-state index < -0.39 is 156 Å². The fraction of sp³-hybridized carbons (Fsp3) is 0.873. The number of allylic oxidation sites excluding steroid dienone is 5. The number of phosphoric acid groups is 1. The molecule has 24 nitrogen and oxygen atoms in total. The Labute approximate surface area is 572 Å². The molecular weight excluding hydrogens is 1270 g/mol. The highest BCUT2D eigenvalue weighted by Crippen LogP contribution is 2.49. The zero-order valence-corrected chi connectivity index (χ0v) is 59.0. The Kier molecular flexibility index (Phi) is 48.3. The summed E-state index contributed by atoms with van der Waals surface area (Å²) in [5.41, 5.74) is 0. The quantitative estimate of drug-likeness (QED) is 0.00513. The molecule has 3 fully saturated rings. The highest BCUT2D eigenvalue weighted by atomic mass is 31.2. The summed E-state index contributed by atoms with van der Waals surface area (Å²) in [4.78, 5) is 50.8. The van der Waals surface area contributed by atoms with E-state index in [-0.39, 0.29) is 12.8 Å². The molecule has 18 unspecified atom stereocenters. The Morgan fingerprint density at radius 3 is 1.27 bits per heavy atom. The predicted octanol–water partition coefficient (Wildman–Crippen LogP) is 9.51. The van der Waals surface area contributed by atoms with Crippen molar-refractivity contribution in [2.24, 2.45) is 0 Å². The third-order valence-electron chi connectivity index (χ3n) is 18.0. The molecule has 2 saturated heterocycles. The fourth-order valence-corrected chi connectivity index (χ4v) is 12.9. The van der Waals surface area contributed by atoms with Gasteiger partial charge in [0.25, 0.3) is 0 Å². The van der Waals surface area contributed by atoms with Crippen LogP contribution in [0.15, 0.2) is 36.5 Å². The van der Waals surface area contributed by atoms with E-state index in [9.17, 15) is 74.9 Å². The minimum absolute atomic E-state index is 0.0431. The van der Waals surface area contributed by atoms with E-state index in [2.05, 4.69) is 32.9 Å². The number of unbranched alkanes of at least 4 members (excludes halogenated alkanes) is 32. The number of esters is 3. The largest absolute Gasteiger partial charge is 0.472 e. The Morgan fingerprint density at radius 2 is 0.812 bits per heavy atom. The van der Waals surface area contributed by atoms with Gasteiger partial charge in [0.15, 0.2) is 18.7 Å². The summed E-state index contributed by atoms with van der Waals surface area (Å²) < 4.78 is 64.7. The van der Waals surface area contributed by atoms with Crippen molar-refractivity contribution in [3.8, 4) is 0 Å². The van der Waals surface area contributed by atoms with Gasteiger partial charge in [0, 0.05) is 18.9 Å². The third-order valence-corrected chi connectivity index (χ3v) is 19.0. The Bertz CT molecular complexity index is 2140. The van der Waals surface area contributed by atoms with Crippen molar-refractivity contribution in [1.82, 2.24) is 0 Å². The van der Waals surface area contributed by atoms with Gasteiger partial charge in [-0.3, -0.25) is 18.6 Å². The monoisotopic (exact) mass is 1390 g/mol. The van der Waals surface area contributed by atoms with E-state index in [1.165, 1.54) is 115 Å². The zero-order chi connectivity index (χ0) is 70.4. The van der Waals surface area contributed by atoms with Crippen LogP contribution in [0.4, 0.5) is 0 Å². The number of phosphoric ester groups is 1. The van der Waals surface area contributed by atoms with E-state index in [1.807, 2.05) is 6.08 Å². The van der Waals surface area contributed by atoms with Crippen LogP contribution >= 0.6 is 7.82 Å². The van der Waals surface area contributed by atoms with Gasteiger partial charge in [-0.1, -0.05) is 231 Å². The maximum absolute atomic E-state index is 14.3. The lowest BCUT2D eigenvalue weighted by molar-refractivity contribution is -0.360. The number of aliphatic hydroxyl groups excluding tert-OH is 10. The molecule has 2 aliphatic heterocycles. The number of hydrogen-bond donors (Lipinski definition) is 11. The maximum Gasteiger partial charge on any atom is 0.472 e. The molecule has 0 aromatic heterocycles. The van der Waals surface area contributed by atoms with Crippen LogP contribution in [0.1, 0.15) is 265 Å². The standard InChI is InChI=1S/C71H127O24P/c1-4-7-10-13-16-19-22-24-26-28-31-34-37-40-43-46-56(74)88-51-54-59(77)61(79)66(84)71(92-54)94-68-64(82)62(80)63(81)67(93-70-65(83)60(78)58(76)53(48-72)91-70)69(68)95-96(85,86)89-50-52(49-87-55(73)45-42-39-36-33-30-21-18-15-12-9-6-3)90-57(75)47-44-41-38-35-32-29-27-25-23-20-17-14-11-8-5-2/h20,23,37,40,43,46,52-54,58-72,76-84H,4-19,21-22,24-36,38-39,41-42,44-45,47-51H2,1-3H3,(H,85,86)/b23-20-,40-37+,46-43+. The van der Waals surface area contributed by atoms with Crippen LogP contribution in [0.2, 0.25) is 0 Å². The summed E-state index contributed by atoms with van der Waals surface area (Å²) >= 11 is 0. The molecule has 1 saturated carbocycles. The third kappa shape index (κ3) is 36.2. The first-order chi connectivity index (χ1) is 46.3. The fourth-order valence-electron chi connectivity index (χ4n) is 12.0. The highest BCUT2D eigenvalue weighted by molar-refractivity contribution is 7.47. The van der Waals surface area contributed by atoms with E-state index in [4.69, 9.17) is 42.2 Å². The van der Waals surface area contributed by atoms with Crippen LogP contribution in [0, 0.1) is 0 Å². The molecule has 96 heavy (non-hydrogen) atoms. The van der Waals surface area contributed by atoms with Crippen molar-refractivity contribution in [2.45, 2.75) is 369 Å². The summed E-state index contributed by atoms with van der Waals surface area (Å²) in [6, 6.07) is 0. The summed E-state index contributed by atoms with van der Waals surface area (Å²) in [6.07, 6.45) is 14.3. The summed E-state index contributed by atoms with van der Waals surface area (Å²) in [5, 5.41) is 110. The van der Waals surface area contributed by atoms with Crippen molar-refractivity contribution in [1.29, 1.82) is 0 Å². The van der Waals surface area contributed by atoms with Crippen molar-refractivity contribution >= 4 is 25.7 Å². The van der Waals surface area contributed by atoms with Gasteiger partial charge in [-0.2, -0.15) is 0 Å². The molecule has 18 atom stereocenters. The van der Waals surface area contributed by atoms with Crippen LogP contribution < -0.4 is 0 Å². The molecule has 3 aliphatic rings. The van der Waals surface area contributed by atoms with Gasteiger partial charge in [-0.05, 0) is 51.4 Å². The topological polar surface area (TPSA) is 374 Å². The molecule has 0 radical (unpaired) electrons. The Balaban J connectivity index is 1.76. The van der Waals surface area contributed by atoms with Crippen LogP contribution in [-0.4, -0.2) is 204 Å². The summed E-state index contributed by atoms with van der Waals surface area (Å²) in [5.74, 6) is -2.23. The van der Waals surface area contributed by atoms with E-state index in [1.54, 1.807) is 6.08 Å². The molecule has 11 N–H and O–H groups in total. The van der Waals surface area contributed by atoms with Gasteiger partial charge in [0.1, 0.15) is 98.7 Å². The second kappa shape index (κ2) is 53.1. The molecule has 560 valence electrons. The van der Waals surface area contributed by atoms with Crippen molar-refractivity contribution < 1.29 is 117 Å². The van der Waals surface area contributed by atoms with Gasteiger partial charge >= 0.3 is 25.7 Å². The second-order valence-corrected chi connectivity index (χ2v) is 27.8. The average Bonchev–Trinajstić information content (AvgIpc) is 0.765. The number of ether oxygens (including phenoxy) is 7. The first kappa shape index (κ1) is 87.4. The molecular formula is C71H127O24P. The predicted molar refractivity (Wildman–Crippen MR) is 361 cm³/mol. The number of rotatable bonds is 56. The first-order valence-corrected chi connectivity index (χ1v) is 38.3. The zero-order valence-electron chi connectivity index (χ0n) is 58.2. The normalized spacial score (nSPS) is 28.1. The van der Waals surface area contributed by atoms with Crippen molar-refractivity contribution in [3.63, 3.8) is 0 Å². The van der Waals surface area contributed by atoms with E-state index in [0.717, 1.165) is 115 Å². The lowest BCUT2D eigenvalue weighted by Crippen LogP contribution is -2.69. The molecule has 0 bridgehead atoms. The van der Waals surface area contributed by atoms with Crippen molar-refractivity contribution in [3.05, 3.63) is 36.5 Å². The van der Waals surface area contributed by atoms with Gasteiger partial charge in [0.2, 0.25) is 0 Å².